The van der Waals surface area contributed by atoms with Crippen LogP contribution in [0.1, 0.15) is 0 Å². The number of rotatable bonds is 4. The lowest BCUT2D eigenvalue weighted by molar-refractivity contribution is -0.182. The van der Waals surface area contributed by atoms with Gasteiger partial charge in [-0.2, -0.15) is 52.7 Å². The number of benzene rings is 2. The monoisotopic (exact) mass is 584 g/mol. The number of carbonyl (C=O) groups excluding carboxylic acids is 4. The largest absolute Gasteiger partial charge is 0.472 e. The van der Waals surface area contributed by atoms with E-state index in [0.29, 0.717) is 48.5 Å². The van der Waals surface area contributed by atoms with E-state index < -0.39 is 81.0 Å². The summed E-state index contributed by atoms with van der Waals surface area (Å²) in [7, 11) is 0. The summed E-state index contributed by atoms with van der Waals surface area (Å²) in [4.78, 5) is 43.2. The van der Waals surface area contributed by atoms with Crippen molar-refractivity contribution in [2.45, 2.75) is 24.7 Å². The maximum Gasteiger partial charge on any atom is 0.472 e. The minimum absolute atomic E-state index is 0.417. The van der Waals surface area contributed by atoms with Gasteiger partial charge in [-0.3, -0.25) is 19.2 Å². The van der Waals surface area contributed by atoms with Crippen molar-refractivity contribution in [1.82, 2.24) is 0 Å². The van der Waals surface area contributed by atoms with E-state index in [1.165, 1.54) is 0 Å². The molecule has 2 aromatic rings. The lowest BCUT2D eigenvalue weighted by atomic mass is 10.2. The van der Waals surface area contributed by atoms with Gasteiger partial charge in [-0.15, -0.1) is 0 Å². The Hall–Kier alpha value is -4.32. The van der Waals surface area contributed by atoms with Crippen LogP contribution in [-0.2, 0) is 19.2 Å². The van der Waals surface area contributed by atoms with Crippen molar-refractivity contribution < 1.29 is 76.6 Å². The van der Waals surface area contributed by atoms with Gasteiger partial charge in [0.1, 0.15) is 11.5 Å². The number of nitrogens with zero attached hydrogens (tertiary/aromatic N) is 2. The SMILES string of the molecule is O=C(N(C(=O)C(F)(F)F)c1ccc(Oc2ccc(N(C(=O)C(F)(F)F)C(=O)C(F)(F)F)cc2)cc1)C(F)(F)F. The molecule has 2 rings (SSSR count). The van der Waals surface area contributed by atoms with Crippen LogP contribution in [0, 0.1) is 0 Å². The molecule has 4 amide bonds. The Kier molecular flexibility index (Phi) is 8.28. The van der Waals surface area contributed by atoms with E-state index >= 15 is 0 Å². The van der Waals surface area contributed by atoms with Crippen LogP contribution in [0.5, 0.6) is 11.5 Å². The third kappa shape index (κ3) is 7.38. The molecule has 39 heavy (non-hydrogen) atoms. The third-order valence-electron chi connectivity index (χ3n) is 4.21. The highest BCUT2D eigenvalue weighted by atomic mass is 19.4. The molecule has 0 fully saturated rings. The lowest BCUT2D eigenvalue weighted by Gasteiger charge is -2.23. The fraction of sp³-hybridized carbons (Fsp3) is 0.200. The van der Waals surface area contributed by atoms with Gasteiger partial charge in [0.15, 0.2) is 0 Å². The molecule has 212 valence electrons. The van der Waals surface area contributed by atoms with Gasteiger partial charge < -0.3 is 4.74 Å². The Morgan fingerprint density at radius 1 is 0.436 bits per heavy atom. The highest BCUT2D eigenvalue weighted by molar-refractivity contribution is 6.19. The number of imide groups is 2. The molecule has 0 unspecified atom stereocenters. The summed E-state index contributed by atoms with van der Waals surface area (Å²) < 4.78 is 158. The molecule has 0 aliphatic heterocycles. The van der Waals surface area contributed by atoms with E-state index in [-0.39, 0.29) is 0 Å². The average molecular weight is 584 g/mol. The predicted octanol–water partition coefficient (Wildman–Crippen LogP) is 5.45. The van der Waals surface area contributed by atoms with Crippen LogP contribution in [0.2, 0.25) is 0 Å². The number of halogens is 12. The molecule has 0 aromatic heterocycles. The van der Waals surface area contributed by atoms with E-state index in [1.807, 2.05) is 0 Å². The molecule has 0 aliphatic carbocycles. The first-order valence-corrected chi connectivity index (χ1v) is 9.48. The quantitative estimate of drug-likeness (QED) is 0.447. The molecule has 0 saturated carbocycles. The summed E-state index contributed by atoms with van der Waals surface area (Å²) in [5, 5.41) is 0. The average Bonchev–Trinajstić information content (AvgIpc) is 2.79. The molecular formula is C20H8F12N2O5. The Bertz CT molecular complexity index is 1100. The maximum absolute atomic E-state index is 12.7. The van der Waals surface area contributed by atoms with Gasteiger partial charge in [-0.1, -0.05) is 0 Å². The number of hydrogen-bond acceptors (Lipinski definition) is 5. The zero-order valence-electron chi connectivity index (χ0n) is 18.1. The number of amides is 4. The van der Waals surface area contributed by atoms with E-state index in [9.17, 15) is 71.9 Å². The van der Waals surface area contributed by atoms with Crippen molar-refractivity contribution in [3.63, 3.8) is 0 Å². The second-order valence-corrected chi connectivity index (χ2v) is 6.97. The first-order chi connectivity index (χ1) is 17.5. The van der Waals surface area contributed by atoms with Gasteiger partial charge in [0.2, 0.25) is 0 Å². The minimum Gasteiger partial charge on any atom is -0.457 e. The standard InChI is InChI=1S/C20H8F12N2O5/c21-17(22,23)13(35)33(14(36)18(24,25)26)9-1-5-11(6-2-9)39-12-7-3-10(4-8-12)34(15(37)19(27,28)29)16(38)20(30,31)32/h1-8H. The zero-order valence-corrected chi connectivity index (χ0v) is 18.1. The molecule has 0 spiro atoms. The van der Waals surface area contributed by atoms with Crippen molar-refractivity contribution in [3.05, 3.63) is 48.5 Å². The number of carbonyl (C=O) groups is 4. The molecule has 0 N–H and O–H groups in total. The van der Waals surface area contributed by atoms with E-state index in [4.69, 9.17) is 4.74 Å². The third-order valence-corrected chi connectivity index (χ3v) is 4.21. The molecule has 19 heteroatoms. The van der Waals surface area contributed by atoms with Gasteiger partial charge in [-0.25, -0.2) is 9.80 Å². The van der Waals surface area contributed by atoms with Crippen molar-refractivity contribution in [3.8, 4) is 11.5 Å². The molecule has 0 bridgehead atoms. The van der Waals surface area contributed by atoms with E-state index in [2.05, 4.69) is 0 Å². The fourth-order valence-electron chi connectivity index (χ4n) is 2.62. The van der Waals surface area contributed by atoms with Crippen molar-refractivity contribution in [1.29, 1.82) is 0 Å². The van der Waals surface area contributed by atoms with Crippen LogP contribution < -0.4 is 14.5 Å². The van der Waals surface area contributed by atoms with Crippen molar-refractivity contribution in [2.75, 3.05) is 9.80 Å². The molecule has 2 aromatic carbocycles. The Labute approximate surface area is 207 Å². The molecule has 0 aliphatic rings. The van der Waals surface area contributed by atoms with Crippen LogP contribution in [0.15, 0.2) is 48.5 Å². The van der Waals surface area contributed by atoms with Gasteiger partial charge in [0.05, 0.1) is 11.4 Å². The normalized spacial score (nSPS) is 12.5. The predicted molar refractivity (Wildman–Crippen MR) is 102 cm³/mol. The van der Waals surface area contributed by atoms with Gasteiger partial charge in [-0.05, 0) is 48.5 Å². The highest BCUT2D eigenvalue weighted by Gasteiger charge is 2.54. The van der Waals surface area contributed by atoms with Gasteiger partial charge in [0, 0.05) is 0 Å². The maximum atomic E-state index is 12.7. The number of alkyl halides is 12. The first kappa shape index (κ1) is 30.9. The van der Waals surface area contributed by atoms with Gasteiger partial charge >= 0.3 is 48.3 Å². The summed E-state index contributed by atoms with van der Waals surface area (Å²) in [6.45, 7) is 0. The molecule has 0 atom stereocenters. The van der Waals surface area contributed by atoms with Crippen molar-refractivity contribution in [2.24, 2.45) is 0 Å². The molecular weight excluding hydrogens is 576 g/mol. The number of hydrogen-bond donors (Lipinski definition) is 0. The Morgan fingerprint density at radius 2 is 0.641 bits per heavy atom. The summed E-state index contributed by atoms with van der Waals surface area (Å²) in [6, 6.07) is 4.38. The Morgan fingerprint density at radius 3 is 0.821 bits per heavy atom. The van der Waals surface area contributed by atoms with Gasteiger partial charge in [0.25, 0.3) is 0 Å². The zero-order chi connectivity index (χ0) is 30.1. The van der Waals surface area contributed by atoms with Crippen LogP contribution in [0.4, 0.5) is 64.1 Å². The fourth-order valence-corrected chi connectivity index (χ4v) is 2.62. The van der Waals surface area contributed by atoms with E-state index in [1.54, 1.807) is 0 Å². The summed E-state index contributed by atoms with van der Waals surface area (Å²) in [6.07, 6.45) is -23.5. The second-order valence-electron chi connectivity index (χ2n) is 6.97. The van der Waals surface area contributed by atoms with Crippen molar-refractivity contribution >= 4 is 35.0 Å². The molecule has 0 radical (unpaired) electrons. The number of anilines is 2. The summed E-state index contributed by atoms with van der Waals surface area (Å²) in [5.41, 5.74) is -2.37. The second kappa shape index (κ2) is 10.4. The smallest absolute Gasteiger partial charge is 0.457 e. The van der Waals surface area contributed by atoms with Crippen LogP contribution in [0.25, 0.3) is 0 Å². The number of ether oxygens (including phenoxy) is 1. The summed E-state index contributed by atoms with van der Waals surface area (Å²) in [5.74, 6) is -13.5. The van der Waals surface area contributed by atoms with Crippen LogP contribution >= 0.6 is 0 Å². The first-order valence-electron chi connectivity index (χ1n) is 9.48. The highest BCUT2D eigenvalue weighted by Crippen LogP contribution is 2.33. The minimum atomic E-state index is -5.88. The molecule has 7 nitrogen and oxygen atoms in total. The van der Waals surface area contributed by atoms with Crippen LogP contribution in [0.3, 0.4) is 0 Å². The summed E-state index contributed by atoms with van der Waals surface area (Å²) >= 11 is 0. The molecule has 0 heterocycles. The Balaban J connectivity index is 2.35. The topological polar surface area (TPSA) is 84.0 Å². The molecule has 0 saturated heterocycles. The van der Waals surface area contributed by atoms with Crippen LogP contribution in [-0.4, -0.2) is 48.3 Å². The lowest BCUT2D eigenvalue weighted by Crippen LogP contribution is -2.50. The van der Waals surface area contributed by atoms with E-state index in [0.717, 1.165) is 0 Å².